The first-order valence-corrected chi connectivity index (χ1v) is 11.6. The number of hydrazine groups is 1. The Bertz CT molecular complexity index is 1260. The summed E-state index contributed by atoms with van der Waals surface area (Å²) in [5.74, 6) is -0.210. The molecule has 33 heavy (non-hydrogen) atoms. The smallest absolute Gasteiger partial charge is 0.290 e. The molecule has 0 saturated carbocycles. The van der Waals surface area contributed by atoms with Gasteiger partial charge in [0.2, 0.25) is 13.0 Å². The molecule has 0 radical (unpaired) electrons. The van der Waals surface area contributed by atoms with E-state index in [0.717, 1.165) is 5.56 Å². The van der Waals surface area contributed by atoms with Crippen molar-refractivity contribution < 1.29 is 22.6 Å². The van der Waals surface area contributed by atoms with Crippen LogP contribution < -0.4 is 25.5 Å². The molecule has 0 spiro atoms. The summed E-state index contributed by atoms with van der Waals surface area (Å²) in [6, 6.07) is 13.4. The van der Waals surface area contributed by atoms with Crippen LogP contribution in [0.15, 0.2) is 65.8 Å². The first-order chi connectivity index (χ1) is 15.7. The number of hydrogen-bond acceptors (Lipinski definition) is 5. The van der Waals surface area contributed by atoms with Crippen LogP contribution in [0.5, 0.6) is 0 Å². The number of pyridine rings is 1. The quantitative estimate of drug-likeness (QED) is 0.218. The number of benzene rings is 2. The fourth-order valence-electron chi connectivity index (χ4n) is 3.15. The molecule has 0 aliphatic heterocycles. The van der Waals surface area contributed by atoms with Crippen LogP contribution in [0.1, 0.15) is 16.7 Å². The van der Waals surface area contributed by atoms with Crippen LogP contribution in [0.4, 0.5) is 17.1 Å². The maximum absolute atomic E-state index is 13.0. The lowest BCUT2D eigenvalue weighted by Gasteiger charge is -2.15. The lowest BCUT2D eigenvalue weighted by molar-refractivity contribution is -0.684. The van der Waals surface area contributed by atoms with Crippen molar-refractivity contribution in [3.63, 3.8) is 0 Å². The first-order valence-electron chi connectivity index (χ1n) is 10.1. The minimum Gasteiger partial charge on any atom is -0.320 e. The van der Waals surface area contributed by atoms with Gasteiger partial charge in [0.05, 0.1) is 10.6 Å². The summed E-state index contributed by atoms with van der Waals surface area (Å²) >= 11 is 0. The Morgan fingerprint density at radius 3 is 2.21 bits per heavy atom. The number of carbonyl (C=O) groups is 2. The number of sulfonamides is 1. The van der Waals surface area contributed by atoms with Gasteiger partial charge in [0.25, 0.3) is 15.9 Å². The van der Waals surface area contributed by atoms with E-state index in [-0.39, 0.29) is 17.3 Å². The normalized spacial score (nSPS) is 10.9. The summed E-state index contributed by atoms with van der Waals surface area (Å²) in [6.07, 6.45) is 4.15. The average molecular weight is 469 g/mol. The molecule has 4 N–H and O–H groups in total. The summed E-state index contributed by atoms with van der Waals surface area (Å²) in [6.45, 7) is 5.54. The van der Waals surface area contributed by atoms with E-state index in [4.69, 9.17) is 0 Å². The third kappa shape index (κ3) is 6.30. The average Bonchev–Trinajstić information content (AvgIpc) is 2.77. The van der Waals surface area contributed by atoms with Gasteiger partial charge in [-0.3, -0.25) is 25.2 Å². The van der Waals surface area contributed by atoms with Crippen molar-refractivity contribution in [3.05, 3.63) is 77.6 Å². The van der Waals surface area contributed by atoms with Gasteiger partial charge in [0, 0.05) is 23.5 Å². The Hall–Kier alpha value is -3.92. The summed E-state index contributed by atoms with van der Waals surface area (Å²) in [5.41, 5.74) is 8.70. The zero-order valence-corrected chi connectivity index (χ0v) is 19.4. The second-order valence-electron chi connectivity index (χ2n) is 7.60. The molecule has 0 bridgehead atoms. The van der Waals surface area contributed by atoms with Crippen LogP contribution >= 0.6 is 0 Å². The van der Waals surface area contributed by atoms with E-state index in [2.05, 4.69) is 20.9 Å². The van der Waals surface area contributed by atoms with Crippen molar-refractivity contribution in [2.45, 2.75) is 32.2 Å². The van der Waals surface area contributed by atoms with Gasteiger partial charge in [-0.05, 0) is 73.9 Å². The lowest BCUT2D eigenvalue weighted by Crippen LogP contribution is -2.39. The number of rotatable bonds is 9. The Kier molecular flexibility index (Phi) is 7.29. The Morgan fingerprint density at radius 2 is 1.58 bits per heavy atom. The minimum absolute atomic E-state index is 0.121. The molecule has 3 rings (SSSR count). The number of hydrogen-bond donors (Lipinski definition) is 4. The van der Waals surface area contributed by atoms with Crippen LogP contribution in [0.25, 0.3) is 0 Å². The van der Waals surface area contributed by atoms with Gasteiger partial charge >= 0.3 is 0 Å². The van der Waals surface area contributed by atoms with E-state index in [0.29, 0.717) is 34.6 Å². The predicted octanol–water partition coefficient (Wildman–Crippen LogP) is 2.41. The molecule has 1 heterocycles. The number of anilines is 3. The topological polar surface area (TPSA) is 120 Å². The Balaban J connectivity index is 1.73. The highest BCUT2D eigenvalue weighted by molar-refractivity contribution is 7.92. The zero-order chi connectivity index (χ0) is 24.0. The molecule has 172 valence electrons. The molecule has 0 fully saturated rings. The van der Waals surface area contributed by atoms with E-state index in [1.54, 1.807) is 48.7 Å². The third-order valence-electron chi connectivity index (χ3n) is 4.88. The van der Waals surface area contributed by atoms with Crippen molar-refractivity contribution in [1.29, 1.82) is 0 Å². The number of nitrogens with zero attached hydrogens (tertiary/aromatic N) is 1. The van der Waals surface area contributed by atoms with Crippen molar-refractivity contribution in [3.8, 4) is 0 Å². The largest absolute Gasteiger partial charge is 0.320 e. The van der Waals surface area contributed by atoms with Crippen LogP contribution in [-0.4, -0.2) is 20.7 Å². The molecule has 0 aliphatic rings. The van der Waals surface area contributed by atoms with Crippen LogP contribution in [-0.2, 0) is 26.2 Å². The second-order valence-corrected chi connectivity index (χ2v) is 9.25. The molecule has 1 aromatic heterocycles. The molecule has 2 amide bonds. The first kappa shape index (κ1) is 23.7. The number of nitrogens with one attached hydrogen (secondary N) is 4. The highest BCUT2D eigenvalue weighted by Crippen LogP contribution is 2.26. The van der Waals surface area contributed by atoms with E-state index in [9.17, 15) is 18.0 Å². The van der Waals surface area contributed by atoms with Crippen molar-refractivity contribution in [2.24, 2.45) is 0 Å². The second kappa shape index (κ2) is 10.1. The summed E-state index contributed by atoms with van der Waals surface area (Å²) < 4.78 is 30.2. The highest BCUT2D eigenvalue weighted by Gasteiger charge is 2.20. The number of amides is 2. The molecule has 0 unspecified atom stereocenters. The van der Waals surface area contributed by atoms with Gasteiger partial charge in [-0.25, -0.2) is 8.42 Å². The van der Waals surface area contributed by atoms with Gasteiger partial charge in [-0.15, -0.1) is 0 Å². The van der Waals surface area contributed by atoms with Crippen LogP contribution in [0.2, 0.25) is 0 Å². The van der Waals surface area contributed by atoms with Crippen LogP contribution in [0, 0.1) is 20.8 Å². The van der Waals surface area contributed by atoms with Crippen molar-refractivity contribution in [1.82, 2.24) is 5.43 Å². The fourth-order valence-corrected chi connectivity index (χ4v) is 4.52. The van der Waals surface area contributed by atoms with Crippen molar-refractivity contribution in [2.75, 3.05) is 15.5 Å². The molecule has 10 heteroatoms. The maximum atomic E-state index is 13.0. The molecule has 2 aromatic carbocycles. The van der Waals surface area contributed by atoms with Gasteiger partial charge in [-0.1, -0.05) is 0 Å². The van der Waals surface area contributed by atoms with Gasteiger partial charge in [0.1, 0.15) is 0 Å². The fraction of sp³-hybridized carbons (Fsp3) is 0.174. The molecule has 0 saturated heterocycles. The van der Waals surface area contributed by atoms with E-state index >= 15 is 0 Å². The highest BCUT2D eigenvalue weighted by atomic mass is 32.2. The van der Waals surface area contributed by atoms with E-state index in [1.807, 2.05) is 31.5 Å². The van der Waals surface area contributed by atoms with Crippen molar-refractivity contribution >= 4 is 39.4 Å². The van der Waals surface area contributed by atoms with E-state index < -0.39 is 10.0 Å². The molecule has 0 atom stereocenters. The van der Waals surface area contributed by atoms with Gasteiger partial charge in [0.15, 0.2) is 12.4 Å². The van der Waals surface area contributed by atoms with Gasteiger partial charge < -0.3 is 5.32 Å². The summed E-state index contributed by atoms with van der Waals surface area (Å²) in [4.78, 5) is 22.9. The van der Waals surface area contributed by atoms with E-state index in [1.165, 1.54) is 6.07 Å². The van der Waals surface area contributed by atoms with Gasteiger partial charge in [-0.2, -0.15) is 4.57 Å². The molecule has 3 aromatic rings. The van der Waals surface area contributed by atoms with Crippen LogP contribution in [0.3, 0.4) is 0 Å². The molecular weight excluding hydrogens is 442 g/mol. The standard InChI is InChI=1S/C23H25N5O4S/c1-16-8-10-28(11-9-16)14-23(30)25-21-12-18(3)22(13-17(21)2)33(31,32)27-20-6-4-19(5-7-20)26-24-15-29/h4-13,15,26-27H,14H2,1-3H3,(H-,24,25,29,30)/p+1. The lowest BCUT2D eigenvalue weighted by atomic mass is 10.1. The molecule has 0 aliphatic carbocycles. The molecule has 9 nitrogen and oxygen atoms in total. The monoisotopic (exact) mass is 468 g/mol. The number of aromatic nitrogens is 1. The molecular formula is C23H26N5O4S+. The minimum atomic E-state index is -3.85. The SMILES string of the molecule is Cc1cc[n+](CC(=O)Nc2cc(C)c(S(=O)(=O)Nc3ccc(NNC=O)cc3)cc2C)cc1. The zero-order valence-electron chi connectivity index (χ0n) is 18.5. The predicted molar refractivity (Wildman–Crippen MR) is 126 cm³/mol. The summed E-state index contributed by atoms with van der Waals surface area (Å²) in [5, 5.41) is 2.85. The Labute approximate surface area is 192 Å². The number of aryl methyl sites for hydroxylation is 3. The third-order valence-corrected chi connectivity index (χ3v) is 6.41. The number of carbonyl (C=O) groups excluding carboxylic acids is 2. The summed E-state index contributed by atoms with van der Waals surface area (Å²) in [7, 11) is -3.85. The Morgan fingerprint density at radius 1 is 0.939 bits per heavy atom. The maximum Gasteiger partial charge on any atom is 0.290 e.